The molecule has 1 aromatic heterocycles. The van der Waals surface area contributed by atoms with E-state index in [0.717, 1.165) is 5.56 Å². The largest absolute Gasteiger partial charge is 0.480 e. The van der Waals surface area contributed by atoms with E-state index >= 15 is 0 Å². The van der Waals surface area contributed by atoms with Crippen LogP contribution in [0.15, 0.2) is 21.7 Å². The lowest BCUT2D eigenvalue weighted by Crippen LogP contribution is -2.29. The zero-order chi connectivity index (χ0) is 15.4. The summed E-state index contributed by atoms with van der Waals surface area (Å²) in [5.41, 5.74) is 0.375. The standard InChI is InChI=1S/C13H14ClN3O4/c14-8-4-7(2-1-3-15-6-10(18)19)11-9(5-8)16-12(20)13(21)17-11/h4-5,15H,1-3,6H2,(H,16,20)(H,17,21)(H,18,19). The van der Waals surface area contributed by atoms with Crippen LogP contribution in [0.1, 0.15) is 12.0 Å². The maximum absolute atomic E-state index is 11.4. The molecule has 0 aliphatic rings. The highest BCUT2D eigenvalue weighted by molar-refractivity contribution is 6.31. The summed E-state index contributed by atoms with van der Waals surface area (Å²) in [4.78, 5) is 38.1. The van der Waals surface area contributed by atoms with Crippen LogP contribution in [0.25, 0.3) is 11.0 Å². The topological polar surface area (TPSA) is 115 Å². The van der Waals surface area contributed by atoms with E-state index in [-0.39, 0.29) is 6.54 Å². The van der Waals surface area contributed by atoms with E-state index in [4.69, 9.17) is 16.7 Å². The number of aliphatic carboxylic acids is 1. The number of halogens is 1. The number of aromatic nitrogens is 2. The van der Waals surface area contributed by atoms with Gasteiger partial charge in [-0.25, -0.2) is 0 Å². The first kappa shape index (κ1) is 15.3. The summed E-state index contributed by atoms with van der Waals surface area (Å²) in [6, 6.07) is 3.29. The monoisotopic (exact) mass is 311 g/mol. The molecule has 0 aliphatic heterocycles. The van der Waals surface area contributed by atoms with Crippen molar-refractivity contribution in [3.8, 4) is 0 Å². The third-order valence-corrected chi connectivity index (χ3v) is 3.17. The lowest BCUT2D eigenvalue weighted by atomic mass is 10.1. The average molecular weight is 312 g/mol. The van der Waals surface area contributed by atoms with Gasteiger partial charge in [-0.1, -0.05) is 11.6 Å². The van der Waals surface area contributed by atoms with Crippen LogP contribution in [-0.4, -0.2) is 34.1 Å². The molecule has 2 aromatic rings. The molecule has 2 rings (SSSR count). The zero-order valence-corrected chi connectivity index (χ0v) is 11.8. The Morgan fingerprint density at radius 3 is 2.67 bits per heavy atom. The third-order valence-electron chi connectivity index (χ3n) is 2.95. The van der Waals surface area contributed by atoms with Crippen molar-refractivity contribution >= 4 is 28.6 Å². The van der Waals surface area contributed by atoms with Gasteiger partial charge in [0, 0.05) is 5.02 Å². The molecule has 0 radical (unpaired) electrons. The molecule has 0 aliphatic carbocycles. The summed E-state index contributed by atoms with van der Waals surface area (Å²) in [6.45, 7) is 0.425. The molecule has 0 spiro atoms. The van der Waals surface area contributed by atoms with Crippen LogP contribution in [0.3, 0.4) is 0 Å². The fourth-order valence-corrected chi connectivity index (χ4v) is 2.30. The number of benzene rings is 1. The fraction of sp³-hybridized carbons (Fsp3) is 0.308. The first-order valence-electron chi connectivity index (χ1n) is 6.34. The molecule has 112 valence electrons. The Balaban J connectivity index is 2.19. The Kier molecular flexibility index (Phi) is 4.77. The van der Waals surface area contributed by atoms with E-state index in [0.29, 0.717) is 35.4 Å². The minimum absolute atomic E-state index is 0.0968. The Hall–Kier alpha value is -2.12. The SMILES string of the molecule is O=C(O)CNCCCc1cc(Cl)cc2[nH]c(=O)c(=O)[nH]c12. The second-order valence-corrected chi connectivity index (χ2v) is 5.01. The minimum Gasteiger partial charge on any atom is -0.480 e. The molecule has 1 aromatic carbocycles. The summed E-state index contributed by atoms with van der Waals surface area (Å²) in [6.07, 6.45) is 1.26. The molecule has 21 heavy (non-hydrogen) atoms. The summed E-state index contributed by atoms with van der Waals surface area (Å²) in [5.74, 6) is -0.912. The van der Waals surface area contributed by atoms with Gasteiger partial charge in [0.1, 0.15) is 0 Å². The minimum atomic E-state index is -0.912. The van der Waals surface area contributed by atoms with Crippen LogP contribution in [0.5, 0.6) is 0 Å². The lowest BCUT2D eigenvalue weighted by molar-refractivity contribution is -0.135. The molecule has 0 atom stereocenters. The van der Waals surface area contributed by atoms with E-state index < -0.39 is 17.1 Å². The number of nitrogens with one attached hydrogen (secondary N) is 3. The van der Waals surface area contributed by atoms with Crippen molar-refractivity contribution in [2.75, 3.05) is 13.1 Å². The molecular formula is C13H14ClN3O4. The van der Waals surface area contributed by atoms with Crippen molar-refractivity contribution in [1.82, 2.24) is 15.3 Å². The molecule has 8 heteroatoms. The zero-order valence-electron chi connectivity index (χ0n) is 11.0. The first-order chi connectivity index (χ1) is 9.97. The van der Waals surface area contributed by atoms with Crippen LogP contribution in [0.4, 0.5) is 0 Å². The number of hydrogen-bond acceptors (Lipinski definition) is 4. The number of carboxylic acids is 1. The van der Waals surface area contributed by atoms with Crippen LogP contribution in [0.2, 0.25) is 5.02 Å². The summed E-state index contributed by atoms with van der Waals surface area (Å²) in [7, 11) is 0. The van der Waals surface area contributed by atoms with Crippen LogP contribution < -0.4 is 16.4 Å². The van der Waals surface area contributed by atoms with Crippen molar-refractivity contribution in [3.05, 3.63) is 43.4 Å². The molecule has 0 saturated carbocycles. The van der Waals surface area contributed by atoms with Crippen LogP contribution in [0, 0.1) is 0 Å². The fourth-order valence-electron chi connectivity index (χ4n) is 2.06. The number of carbonyl (C=O) groups is 1. The van der Waals surface area contributed by atoms with Gasteiger partial charge >= 0.3 is 17.1 Å². The number of carboxylic acid groups (broad SMARTS) is 1. The molecule has 0 amide bonds. The van der Waals surface area contributed by atoms with Gasteiger partial charge in [-0.15, -0.1) is 0 Å². The van der Waals surface area contributed by atoms with Gasteiger partial charge in [0.15, 0.2) is 0 Å². The Morgan fingerprint density at radius 2 is 1.95 bits per heavy atom. The van der Waals surface area contributed by atoms with Gasteiger partial charge < -0.3 is 20.4 Å². The number of fused-ring (bicyclic) bond motifs is 1. The van der Waals surface area contributed by atoms with Crippen molar-refractivity contribution in [1.29, 1.82) is 0 Å². The molecule has 0 saturated heterocycles. The average Bonchev–Trinajstić information content (AvgIpc) is 2.40. The highest BCUT2D eigenvalue weighted by Gasteiger charge is 2.07. The molecule has 0 bridgehead atoms. The number of aryl methyl sites for hydroxylation is 1. The molecule has 0 fully saturated rings. The smallest absolute Gasteiger partial charge is 0.317 e. The van der Waals surface area contributed by atoms with Gasteiger partial charge in [-0.3, -0.25) is 14.4 Å². The van der Waals surface area contributed by atoms with Gasteiger partial charge in [0.2, 0.25) is 0 Å². The maximum atomic E-state index is 11.4. The van der Waals surface area contributed by atoms with Crippen LogP contribution in [-0.2, 0) is 11.2 Å². The van der Waals surface area contributed by atoms with Gasteiger partial charge in [0.25, 0.3) is 0 Å². The third kappa shape index (κ3) is 3.93. The van der Waals surface area contributed by atoms with Crippen molar-refractivity contribution < 1.29 is 9.90 Å². The van der Waals surface area contributed by atoms with E-state index in [1.807, 2.05) is 0 Å². The molecule has 7 nitrogen and oxygen atoms in total. The Morgan fingerprint density at radius 1 is 1.24 bits per heavy atom. The molecular weight excluding hydrogens is 298 g/mol. The van der Waals surface area contributed by atoms with Crippen molar-refractivity contribution in [3.63, 3.8) is 0 Å². The predicted molar refractivity (Wildman–Crippen MR) is 79.0 cm³/mol. The van der Waals surface area contributed by atoms with E-state index in [2.05, 4.69) is 15.3 Å². The second kappa shape index (κ2) is 6.55. The van der Waals surface area contributed by atoms with E-state index in [1.54, 1.807) is 12.1 Å². The highest BCUT2D eigenvalue weighted by Crippen LogP contribution is 2.20. The molecule has 1 heterocycles. The number of rotatable bonds is 6. The van der Waals surface area contributed by atoms with E-state index in [1.165, 1.54) is 0 Å². The Bertz CT molecular complexity index is 781. The molecule has 0 unspecified atom stereocenters. The quantitative estimate of drug-likeness (QED) is 0.457. The second-order valence-electron chi connectivity index (χ2n) is 4.57. The number of H-pyrrole nitrogens is 2. The number of aromatic amines is 2. The summed E-state index contributed by atoms with van der Waals surface area (Å²) in [5, 5.41) is 11.7. The van der Waals surface area contributed by atoms with Gasteiger partial charge in [-0.05, 0) is 37.1 Å². The predicted octanol–water partition coefficient (Wildman–Crippen LogP) is 0.477. The molecule has 4 N–H and O–H groups in total. The van der Waals surface area contributed by atoms with Crippen molar-refractivity contribution in [2.24, 2.45) is 0 Å². The van der Waals surface area contributed by atoms with Gasteiger partial charge in [-0.2, -0.15) is 0 Å². The Labute approximate surface area is 124 Å². The first-order valence-corrected chi connectivity index (χ1v) is 6.72. The van der Waals surface area contributed by atoms with Crippen LogP contribution >= 0.6 is 11.6 Å². The van der Waals surface area contributed by atoms with E-state index in [9.17, 15) is 14.4 Å². The summed E-state index contributed by atoms with van der Waals surface area (Å²) < 4.78 is 0. The highest BCUT2D eigenvalue weighted by atomic mass is 35.5. The normalized spacial score (nSPS) is 10.9. The number of hydrogen-bond donors (Lipinski definition) is 4. The van der Waals surface area contributed by atoms with Gasteiger partial charge in [0.05, 0.1) is 17.6 Å². The lowest BCUT2D eigenvalue weighted by Gasteiger charge is -2.07. The van der Waals surface area contributed by atoms with Crippen molar-refractivity contribution in [2.45, 2.75) is 12.8 Å². The maximum Gasteiger partial charge on any atom is 0.317 e. The summed E-state index contributed by atoms with van der Waals surface area (Å²) >= 11 is 5.99.